The fraction of sp³-hybridized carbons (Fsp3) is 0.360. The summed E-state index contributed by atoms with van der Waals surface area (Å²) in [5.74, 6) is -0.587. The number of hydrogen-bond acceptors (Lipinski definition) is 6. The number of nitrogens with zero attached hydrogens (tertiary/aromatic N) is 3. The van der Waals surface area contributed by atoms with Crippen LogP contribution in [0.1, 0.15) is 48.3 Å². The Morgan fingerprint density at radius 1 is 1.21 bits per heavy atom. The molecule has 33 heavy (non-hydrogen) atoms. The average molecular weight is 467 g/mol. The molecule has 0 saturated carbocycles. The number of carbonyl (C=O) groups is 2. The van der Waals surface area contributed by atoms with Crippen molar-refractivity contribution in [2.24, 2.45) is 0 Å². The summed E-state index contributed by atoms with van der Waals surface area (Å²) < 4.78 is 5.76. The van der Waals surface area contributed by atoms with E-state index in [1.54, 1.807) is 19.1 Å². The molecule has 0 aliphatic carbocycles. The summed E-state index contributed by atoms with van der Waals surface area (Å²) >= 11 is 5.86. The van der Waals surface area contributed by atoms with Gasteiger partial charge in [-0.2, -0.15) is 0 Å². The Bertz CT molecular complexity index is 1170. The van der Waals surface area contributed by atoms with Crippen LogP contribution in [0.5, 0.6) is 0 Å². The summed E-state index contributed by atoms with van der Waals surface area (Å²) in [5.41, 5.74) is 3.09. The third kappa shape index (κ3) is 5.15. The number of benzene rings is 1. The van der Waals surface area contributed by atoms with Gasteiger partial charge in [-0.1, -0.05) is 43.6 Å². The maximum absolute atomic E-state index is 13.5. The topological polar surface area (TPSA) is 84.4 Å². The second kappa shape index (κ2) is 10.3. The van der Waals surface area contributed by atoms with Gasteiger partial charge in [-0.05, 0) is 37.6 Å². The molecule has 1 atom stereocenters. The lowest BCUT2D eigenvalue weighted by Crippen LogP contribution is -2.35. The summed E-state index contributed by atoms with van der Waals surface area (Å²) in [5, 5.41) is 3.91. The first-order valence-corrected chi connectivity index (χ1v) is 11.6. The Morgan fingerprint density at radius 3 is 2.76 bits per heavy atom. The van der Waals surface area contributed by atoms with Crippen LogP contribution in [0.4, 0.5) is 5.82 Å². The van der Waals surface area contributed by atoms with Crippen LogP contribution < -0.4 is 5.32 Å². The number of pyridine rings is 2. The van der Waals surface area contributed by atoms with Crippen LogP contribution >= 0.6 is 11.6 Å². The molecule has 0 saturated heterocycles. The van der Waals surface area contributed by atoms with Crippen LogP contribution in [0.3, 0.4) is 0 Å². The van der Waals surface area contributed by atoms with Crippen LogP contribution in [0.15, 0.2) is 42.6 Å². The van der Waals surface area contributed by atoms with Gasteiger partial charge in [0.15, 0.2) is 6.10 Å². The van der Waals surface area contributed by atoms with Gasteiger partial charge in [0.1, 0.15) is 5.82 Å². The van der Waals surface area contributed by atoms with Gasteiger partial charge in [0, 0.05) is 42.4 Å². The van der Waals surface area contributed by atoms with Crippen molar-refractivity contribution in [3.63, 3.8) is 0 Å². The van der Waals surface area contributed by atoms with Crippen LogP contribution in [0, 0.1) is 0 Å². The summed E-state index contributed by atoms with van der Waals surface area (Å²) in [6, 6.07) is 10.8. The minimum atomic E-state index is -0.951. The minimum absolute atomic E-state index is 0.332. The highest BCUT2D eigenvalue weighted by Crippen LogP contribution is 2.29. The molecule has 1 N–H and O–H groups in total. The Balaban J connectivity index is 1.63. The largest absolute Gasteiger partial charge is 0.449 e. The number of fused-ring (bicyclic) bond motifs is 2. The van der Waals surface area contributed by atoms with Crippen LogP contribution in [0.2, 0.25) is 5.02 Å². The first-order chi connectivity index (χ1) is 16.0. The monoisotopic (exact) mass is 466 g/mol. The van der Waals surface area contributed by atoms with Crippen molar-refractivity contribution >= 4 is 40.2 Å². The zero-order valence-corrected chi connectivity index (χ0v) is 19.6. The third-order valence-electron chi connectivity index (χ3n) is 5.76. The summed E-state index contributed by atoms with van der Waals surface area (Å²) in [7, 11) is 0. The van der Waals surface area contributed by atoms with E-state index >= 15 is 0 Å². The van der Waals surface area contributed by atoms with E-state index in [0.717, 1.165) is 48.1 Å². The maximum atomic E-state index is 13.5. The van der Waals surface area contributed by atoms with Crippen molar-refractivity contribution in [2.45, 2.75) is 45.8 Å². The highest BCUT2D eigenvalue weighted by atomic mass is 35.5. The lowest BCUT2D eigenvalue weighted by molar-refractivity contribution is -0.124. The normalized spacial score (nSPS) is 14.5. The Hall–Kier alpha value is -3.03. The van der Waals surface area contributed by atoms with Gasteiger partial charge in [-0.25, -0.2) is 9.78 Å². The first kappa shape index (κ1) is 23.1. The van der Waals surface area contributed by atoms with Gasteiger partial charge in [-0.3, -0.25) is 14.7 Å². The Labute approximate surface area is 198 Å². The van der Waals surface area contributed by atoms with Crippen molar-refractivity contribution in [2.75, 3.05) is 18.4 Å². The number of halogens is 1. The molecule has 3 aromatic rings. The SMILES string of the molecule is CCCN1CCc2nc3ccccc3c(C(=O)OC(CC)C(=O)Nc3ccc(Cl)cn3)c2C1. The van der Waals surface area contributed by atoms with Crippen molar-refractivity contribution in [3.05, 3.63) is 64.4 Å². The molecule has 0 radical (unpaired) electrons. The van der Waals surface area contributed by atoms with Gasteiger partial charge in [0.25, 0.3) is 5.91 Å². The van der Waals surface area contributed by atoms with E-state index in [9.17, 15) is 9.59 Å². The smallest absolute Gasteiger partial charge is 0.340 e. The average Bonchev–Trinajstić information content (AvgIpc) is 2.82. The third-order valence-corrected chi connectivity index (χ3v) is 5.98. The van der Waals surface area contributed by atoms with Gasteiger partial charge < -0.3 is 10.1 Å². The minimum Gasteiger partial charge on any atom is -0.449 e. The molecule has 0 fully saturated rings. The zero-order chi connectivity index (χ0) is 23.4. The first-order valence-electron chi connectivity index (χ1n) is 11.3. The number of carbonyl (C=O) groups excluding carboxylic acids is 2. The molecule has 1 amide bonds. The fourth-order valence-corrected chi connectivity index (χ4v) is 4.26. The van der Waals surface area contributed by atoms with E-state index in [1.165, 1.54) is 6.20 Å². The maximum Gasteiger partial charge on any atom is 0.340 e. The fourth-order valence-electron chi connectivity index (χ4n) is 4.15. The van der Waals surface area contributed by atoms with Crippen LogP contribution in [0.25, 0.3) is 10.9 Å². The van der Waals surface area contributed by atoms with Gasteiger partial charge in [0.2, 0.25) is 0 Å². The van der Waals surface area contributed by atoms with Gasteiger partial charge in [-0.15, -0.1) is 0 Å². The molecule has 1 unspecified atom stereocenters. The molecular weight excluding hydrogens is 440 g/mol. The van der Waals surface area contributed by atoms with E-state index in [2.05, 4.69) is 22.1 Å². The van der Waals surface area contributed by atoms with E-state index in [1.807, 2.05) is 24.3 Å². The number of amides is 1. The van der Waals surface area contributed by atoms with Crippen molar-refractivity contribution in [3.8, 4) is 0 Å². The number of para-hydroxylation sites is 1. The van der Waals surface area contributed by atoms with Crippen LogP contribution in [-0.4, -0.2) is 45.9 Å². The highest BCUT2D eigenvalue weighted by molar-refractivity contribution is 6.30. The molecule has 7 nitrogen and oxygen atoms in total. The standard InChI is InChI=1S/C25H27ClN4O3/c1-3-12-30-13-11-20-18(15-30)23(17-7-5-6-8-19(17)28-20)25(32)33-21(4-2)24(31)29-22-10-9-16(26)14-27-22/h5-10,14,21H,3-4,11-13,15H2,1-2H3,(H,27,29,31). The van der Waals surface area contributed by atoms with E-state index in [-0.39, 0.29) is 0 Å². The predicted octanol–water partition coefficient (Wildman–Crippen LogP) is 4.63. The van der Waals surface area contributed by atoms with Crippen LogP contribution in [-0.2, 0) is 22.5 Å². The Morgan fingerprint density at radius 2 is 2.03 bits per heavy atom. The van der Waals surface area contributed by atoms with E-state index in [4.69, 9.17) is 21.3 Å². The number of hydrogen-bond donors (Lipinski definition) is 1. The molecule has 1 aliphatic rings. The van der Waals surface area contributed by atoms with Crippen molar-refractivity contribution in [1.29, 1.82) is 0 Å². The van der Waals surface area contributed by atoms with E-state index in [0.29, 0.717) is 29.4 Å². The van der Waals surface area contributed by atoms with Crippen molar-refractivity contribution in [1.82, 2.24) is 14.9 Å². The van der Waals surface area contributed by atoms with E-state index < -0.39 is 18.0 Å². The molecule has 172 valence electrons. The van der Waals surface area contributed by atoms with Gasteiger partial charge >= 0.3 is 5.97 Å². The molecule has 4 rings (SSSR count). The molecule has 0 spiro atoms. The quantitative estimate of drug-likeness (QED) is 0.511. The molecule has 1 aliphatic heterocycles. The van der Waals surface area contributed by atoms with Crippen molar-refractivity contribution < 1.29 is 14.3 Å². The predicted molar refractivity (Wildman–Crippen MR) is 128 cm³/mol. The molecule has 0 bridgehead atoms. The highest BCUT2D eigenvalue weighted by Gasteiger charge is 2.29. The number of esters is 1. The second-order valence-corrected chi connectivity index (χ2v) is 8.54. The summed E-state index contributed by atoms with van der Waals surface area (Å²) in [6.07, 6.45) is 2.64. The molecule has 3 heterocycles. The molecule has 2 aromatic heterocycles. The second-order valence-electron chi connectivity index (χ2n) is 8.11. The lowest BCUT2D eigenvalue weighted by Gasteiger charge is -2.30. The zero-order valence-electron chi connectivity index (χ0n) is 18.8. The molecule has 8 heteroatoms. The number of rotatable bonds is 7. The lowest BCUT2D eigenvalue weighted by atomic mass is 9.95. The number of ether oxygens (including phenoxy) is 1. The number of aromatic nitrogens is 2. The van der Waals surface area contributed by atoms with Gasteiger partial charge in [0.05, 0.1) is 16.1 Å². The molecule has 1 aromatic carbocycles. The molecular formula is C25H27ClN4O3. The number of nitrogens with one attached hydrogen (secondary N) is 1. The summed E-state index contributed by atoms with van der Waals surface area (Å²) in [6.45, 7) is 6.45. The Kier molecular flexibility index (Phi) is 7.20. The number of anilines is 1. The summed E-state index contributed by atoms with van der Waals surface area (Å²) in [4.78, 5) is 37.5.